The molecule has 5 amide bonds. The topological polar surface area (TPSA) is 285 Å². The van der Waals surface area contributed by atoms with Gasteiger partial charge in [-0.25, -0.2) is 18.7 Å². The van der Waals surface area contributed by atoms with Gasteiger partial charge in [-0.3, -0.25) is 33.6 Å². The summed E-state index contributed by atoms with van der Waals surface area (Å²) in [5.74, 6) is -2.10. The number of benzene rings is 2. The number of fused-ring (bicyclic) bond motifs is 5. The van der Waals surface area contributed by atoms with Crippen molar-refractivity contribution in [1.82, 2.24) is 50.4 Å². The van der Waals surface area contributed by atoms with Crippen LogP contribution in [0.4, 0.5) is 14.6 Å². The van der Waals surface area contributed by atoms with Gasteiger partial charge in [0, 0.05) is 56.5 Å². The van der Waals surface area contributed by atoms with Gasteiger partial charge >= 0.3 is 0 Å². The number of likely N-dealkylation sites (tertiary alicyclic amines) is 2. The number of nitriles is 1. The summed E-state index contributed by atoms with van der Waals surface area (Å²) in [6.07, 6.45) is 2.25. The minimum absolute atomic E-state index is 0.00379. The Morgan fingerprint density at radius 1 is 1.01 bits per heavy atom. The molecular weight excluding hydrogens is 1040 g/mol. The van der Waals surface area contributed by atoms with Crippen LogP contribution < -0.4 is 26.4 Å². The summed E-state index contributed by atoms with van der Waals surface area (Å²) in [7, 11) is 3.24. The van der Waals surface area contributed by atoms with E-state index >= 15 is 0 Å². The van der Waals surface area contributed by atoms with E-state index in [1.54, 1.807) is 49.9 Å². The van der Waals surface area contributed by atoms with Gasteiger partial charge in [-0.15, -0.1) is 11.8 Å². The summed E-state index contributed by atoms with van der Waals surface area (Å²) in [4.78, 5) is 86.4. The molecule has 2 bridgehead atoms. The van der Waals surface area contributed by atoms with Gasteiger partial charge < -0.3 is 55.7 Å². The number of carbonyl (C=O) groups excluding carboxylic acids is 5. The molecule has 6 atom stereocenters. The first-order valence-corrected chi connectivity index (χ1v) is 27.5. The Labute approximate surface area is 460 Å². The van der Waals surface area contributed by atoms with E-state index in [4.69, 9.17) is 24.9 Å². The van der Waals surface area contributed by atoms with Crippen molar-refractivity contribution < 1.29 is 52.1 Å². The van der Waals surface area contributed by atoms with Crippen molar-refractivity contribution in [2.24, 2.45) is 10.9 Å². The number of nitrogens with two attached hydrogens (primary N) is 1. The number of carbonyl (C=O) groups is 5. The molecule has 4 aliphatic heterocycles. The number of likely N-dealkylation sites (N-methyl/N-ethyl adjacent to an activating group) is 1. The highest BCUT2D eigenvalue weighted by Gasteiger charge is 2.43. The van der Waals surface area contributed by atoms with Crippen molar-refractivity contribution in [1.29, 1.82) is 5.26 Å². The lowest BCUT2D eigenvalue weighted by Crippen LogP contribution is -2.58. The maximum atomic E-state index is 14.5. The molecule has 2 unspecified atom stereocenters. The predicted molar refractivity (Wildman–Crippen MR) is 287 cm³/mol. The van der Waals surface area contributed by atoms with Crippen LogP contribution in [0.5, 0.6) is 5.88 Å². The fourth-order valence-corrected chi connectivity index (χ4v) is 11.4. The number of rotatable bonds is 20. The van der Waals surface area contributed by atoms with E-state index in [9.17, 15) is 43.1 Å². The minimum atomic E-state index is -0.921. The fourth-order valence-electron chi connectivity index (χ4n) is 10.1. The Kier molecular flexibility index (Phi) is 19.6. The zero-order valence-corrected chi connectivity index (χ0v) is 45.5. The molecule has 2 saturated heterocycles. The standard InChI is InChI=1S/C54H67F2N13O9S/c1-31(59-3)50(73)64-47(54(75)68-18-5-6-42(68)52-63-41(30-79-52)48(72)34-7-9-35(55)10-8-34)33-13-19-67(20-14-33)45(71)16-23-77-25-24-76-22-15-44(70)60-17-21-69-43-29-66(4)53(74)37-12-11-36(56)26-38(37)32(2)78-51-49(58)61-28-40(62-51)46(43)39(27-57)65-69/h7-12,26,28,31-33,41-42,47-48,59,72H,5-6,13-25,29-30H2,1-4H3,(H2,58,61)(H,60,70)(H,64,73)/t31-,32+,41?,42-,47-,48?/m0/s1. The number of anilines is 1. The number of amides is 5. The zero-order valence-electron chi connectivity index (χ0n) is 44.7. The van der Waals surface area contributed by atoms with Crippen LogP contribution in [-0.4, -0.2) is 171 Å². The number of aliphatic hydroxyl groups excluding tert-OH is 1. The average Bonchev–Trinajstić information content (AvgIpc) is 4.43. The molecule has 0 aliphatic carbocycles. The van der Waals surface area contributed by atoms with Crippen LogP contribution in [0.1, 0.15) is 97.5 Å². The third kappa shape index (κ3) is 14.0. The number of aliphatic hydroxyl groups is 1. The van der Waals surface area contributed by atoms with Gasteiger partial charge in [-0.1, -0.05) is 12.1 Å². The van der Waals surface area contributed by atoms with E-state index in [2.05, 4.69) is 37.1 Å². The molecule has 8 rings (SSSR count). The van der Waals surface area contributed by atoms with Crippen LogP contribution in [-0.2, 0) is 41.7 Å². The molecule has 0 radical (unpaired) electrons. The minimum Gasteiger partial charge on any atom is -0.467 e. The van der Waals surface area contributed by atoms with Crippen molar-refractivity contribution in [3.63, 3.8) is 0 Å². The molecule has 422 valence electrons. The Bertz CT molecular complexity index is 2930. The summed E-state index contributed by atoms with van der Waals surface area (Å²) in [5, 5.41) is 35.3. The van der Waals surface area contributed by atoms with Crippen molar-refractivity contribution in [2.45, 2.75) is 102 Å². The van der Waals surface area contributed by atoms with Gasteiger partial charge in [-0.2, -0.15) is 10.4 Å². The number of hydrogen-bond donors (Lipinski definition) is 5. The SMILES string of the molecule is CN[C@@H](C)C(=O)N[C@H](C(=O)N1CCC[C@H]1C1=NC(C(O)c2ccc(F)cc2)CS1)C1CCN(C(=O)CCOCCOCCC(=O)NCCn2nc(C#N)c3c2CN(C)C(=O)c2ccc(F)cc2[C@@H](C)Oc2nc-3cnc2N)CC1. The first kappa shape index (κ1) is 58.0. The second kappa shape index (κ2) is 26.7. The lowest BCUT2D eigenvalue weighted by Gasteiger charge is -2.38. The molecule has 22 nitrogen and oxygen atoms in total. The molecular formula is C54H67F2N13O9S. The quantitative estimate of drug-likeness (QED) is 0.0794. The van der Waals surface area contributed by atoms with E-state index in [1.165, 1.54) is 57.9 Å². The molecule has 25 heteroatoms. The van der Waals surface area contributed by atoms with Crippen molar-refractivity contribution >= 4 is 52.2 Å². The summed E-state index contributed by atoms with van der Waals surface area (Å²) in [6, 6.07) is 9.49. The number of hydrogen-bond acceptors (Lipinski definition) is 17. The molecule has 4 aromatic rings. The summed E-state index contributed by atoms with van der Waals surface area (Å²) in [6.45, 7) is 5.50. The fraction of sp³-hybridized carbons (Fsp3) is 0.519. The Morgan fingerprint density at radius 2 is 1.73 bits per heavy atom. The van der Waals surface area contributed by atoms with Crippen molar-refractivity contribution in [3.8, 4) is 23.2 Å². The zero-order chi connectivity index (χ0) is 56.3. The maximum Gasteiger partial charge on any atom is 0.258 e. The van der Waals surface area contributed by atoms with Gasteiger partial charge in [0.15, 0.2) is 11.5 Å². The number of aliphatic imine (C=N–C) groups is 1. The second-order valence-corrected chi connectivity index (χ2v) is 21.0. The number of ether oxygens (including phenoxy) is 3. The van der Waals surface area contributed by atoms with Crippen LogP contribution in [0.3, 0.4) is 0 Å². The summed E-state index contributed by atoms with van der Waals surface area (Å²) < 4.78 is 46.9. The largest absolute Gasteiger partial charge is 0.467 e. The van der Waals surface area contributed by atoms with E-state index in [-0.39, 0.29) is 129 Å². The lowest BCUT2D eigenvalue weighted by molar-refractivity contribution is -0.140. The van der Waals surface area contributed by atoms with Gasteiger partial charge in [0.25, 0.3) is 11.8 Å². The Morgan fingerprint density at radius 3 is 2.46 bits per heavy atom. The lowest BCUT2D eigenvalue weighted by atomic mass is 9.88. The van der Waals surface area contributed by atoms with Gasteiger partial charge in [0.05, 0.1) is 92.3 Å². The van der Waals surface area contributed by atoms with Crippen molar-refractivity contribution in [3.05, 3.63) is 88.4 Å². The number of thioether (sulfide) groups is 1. The van der Waals surface area contributed by atoms with Crippen LogP contribution in [0.25, 0.3) is 11.3 Å². The molecule has 6 heterocycles. The number of piperidine rings is 1. The van der Waals surface area contributed by atoms with Gasteiger partial charge in [0.2, 0.25) is 23.6 Å². The normalized spacial score (nSPS) is 19.7. The van der Waals surface area contributed by atoms with Crippen LogP contribution in [0, 0.1) is 28.9 Å². The summed E-state index contributed by atoms with van der Waals surface area (Å²) in [5.41, 5.74) is 8.12. The number of nitrogens with zero attached hydrogens (tertiary/aromatic N) is 9. The Balaban J connectivity index is 0.763. The number of nitrogen functional groups attached to an aromatic ring is 1. The number of halogens is 2. The van der Waals surface area contributed by atoms with E-state index in [0.717, 1.165) is 11.5 Å². The first-order valence-electron chi connectivity index (χ1n) is 26.5. The number of aromatic nitrogens is 4. The van der Waals surface area contributed by atoms with Crippen LogP contribution >= 0.6 is 11.8 Å². The van der Waals surface area contributed by atoms with E-state index in [1.807, 2.05) is 0 Å². The Hall–Kier alpha value is -7.11. The van der Waals surface area contributed by atoms with Crippen LogP contribution in [0.15, 0.2) is 53.7 Å². The maximum absolute atomic E-state index is 14.5. The molecule has 79 heavy (non-hydrogen) atoms. The van der Waals surface area contributed by atoms with E-state index in [0.29, 0.717) is 61.5 Å². The average molecular weight is 1110 g/mol. The monoisotopic (exact) mass is 1110 g/mol. The highest BCUT2D eigenvalue weighted by Crippen LogP contribution is 2.36. The molecule has 6 N–H and O–H groups in total. The second-order valence-electron chi connectivity index (χ2n) is 19.9. The molecule has 2 aromatic carbocycles. The molecule has 0 saturated carbocycles. The third-order valence-corrected chi connectivity index (χ3v) is 15.9. The van der Waals surface area contributed by atoms with Crippen molar-refractivity contribution in [2.75, 3.05) is 78.2 Å². The third-order valence-electron chi connectivity index (χ3n) is 14.7. The van der Waals surface area contributed by atoms with Crippen LogP contribution in [0.2, 0.25) is 0 Å². The highest BCUT2D eigenvalue weighted by molar-refractivity contribution is 8.14. The van der Waals surface area contributed by atoms with Gasteiger partial charge in [-0.05, 0) is 88.4 Å². The number of nitrogens with one attached hydrogen (secondary N) is 3. The molecule has 4 aliphatic rings. The highest BCUT2D eigenvalue weighted by atomic mass is 32.2. The first-order chi connectivity index (χ1) is 38.0. The molecule has 2 aromatic heterocycles. The van der Waals surface area contributed by atoms with Gasteiger partial charge in [0.1, 0.15) is 36.0 Å². The molecule has 2 fully saturated rings. The molecule has 0 spiro atoms. The predicted octanol–water partition coefficient (Wildman–Crippen LogP) is 3.30. The summed E-state index contributed by atoms with van der Waals surface area (Å²) >= 11 is 1.51. The smallest absolute Gasteiger partial charge is 0.258 e. The van der Waals surface area contributed by atoms with E-state index < -0.39 is 47.9 Å².